The highest BCUT2D eigenvalue weighted by molar-refractivity contribution is 9.10. The van der Waals surface area contributed by atoms with Crippen LogP contribution in [0.25, 0.3) is 11.3 Å². The molecular formula is C13H13BrN2S. The second-order valence-electron chi connectivity index (χ2n) is 4.29. The molecule has 0 amide bonds. The van der Waals surface area contributed by atoms with E-state index in [0.717, 1.165) is 22.8 Å². The zero-order chi connectivity index (χ0) is 11.7. The number of rotatable bonds is 4. The zero-order valence-electron chi connectivity index (χ0n) is 9.32. The molecule has 3 rings (SSSR count). The van der Waals surface area contributed by atoms with E-state index in [9.17, 15) is 0 Å². The Morgan fingerprint density at radius 2 is 2.06 bits per heavy atom. The molecule has 0 bridgehead atoms. The minimum absolute atomic E-state index is 0.745. The van der Waals surface area contributed by atoms with Gasteiger partial charge in [0.15, 0.2) is 0 Å². The van der Waals surface area contributed by atoms with Gasteiger partial charge in [0, 0.05) is 28.0 Å². The summed E-state index contributed by atoms with van der Waals surface area (Å²) in [5.41, 5.74) is 2.26. The fourth-order valence-electron chi connectivity index (χ4n) is 1.66. The predicted octanol–water partition coefficient (Wildman–Crippen LogP) is 3.82. The monoisotopic (exact) mass is 308 g/mol. The maximum absolute atomic E-state index is 4.65. The molecule has 1 saturated carbocycles. The van der Waals surface area contributed by atoms with Gasteiger partial charge >= 0.3 is 0 Å². The third kappa shape index (κ3) is 2.94. The highest BCUT2D eigenvalue weighted by Crippen LogP contribution is 2.24. The van der Waals surface area contributed by atoms with Crippen molar-refractivity contribution in [1.82, 2.24) is 10.3 Å². The van der Waals surface area contributed by atoms with Gasteiger partial charge in [-0.05, 0) is 25.0 Å². The highest BCUT2D eigenvalue weighted by atomic mass is 79.9. The van der Waals surface area contributed by atoms with Crippen molar-refractivity contribution >= 4 is 27.3 Å². The molecule has 0 aliphatic heterocycles. The standard InChI is InChI=1S/C13H13BrN2S/c14-10-3-1-9(2-4-10)12-8-17-13(16-12)7-15-11-5-6-11/h1-4,8,11,15H,5-7H2. The van der Waals surface area contributed by atoms with Crippen molar-refractivity contribution in [3.63, 3.8) is 0 Å². The third-order valence-corrected chi connectivity index (χ3v) is 4.19. The minimum atomic E-state index is 0.745. The van der Waals surface area contributed by atoms with Crippen molar-refractivity contribution in [3.8, 4) is 11.3 Å². The Kier molecular flexibility index (Phi) is 3.27. The van der Waals surface area contributed by atoms with Crippen molar-refractivity contribution in [2.45, 2.75) is 25.4 Å². The van der Waals surface area contributed by atoms with Crippen molar-refractivity contribution in [1.29, 1.82) is 0 Å². The lowest BCUT2D eigenvalue weighted by Gasteiger charge is -1.98. The molecule has 1 aromatic carbocycles. The highest BCUT2D eigenvalue weighted by Gasteiger charge is 2.20. The van der Waals surface area contributed by atoms with Crippen LogP contribution in [-0.4, -0.2) is 11.0 Å². The van der Waals surface area contributed by atoms with Gasteiger partial charge in [0.05, 0.1) is 5.69 Å². The molecule has 1 aliphatic rings. The SMILES string of the molecule is Brc1ccc(-c2csc(CNC3CC3)n2)cc1. The Balaban J connectivity index is 1.72. The number of hydrogen-bond acceptors (Lipinski definition) is 3. The molecule has 0 spiro atoms. The van der Waals surface area contributed by atoms with Crippen molar-refractivity contribution in [2.75, 3.05) is 0 Å². The first-order valence-electron chi connectivity index (χ1n) is 5.75. The van der Waals surface area contributed by atoms with Crippen molar-refractivity contribution in [2.24, 2.45) is 0 Å². The molecule has 1 aliphatic carbocycles. The molecule has 1 heterocycles. The first-order valence-corrected chi connectivity index (χ1v) is 7.42. The van der Waals surface area contributed by atoms with Gasteiger partial charge in [-0.2, -0.15) is 0 Å². The quantitative estimate of drug-likeness (QED) is 0.928. The molecular weight excluding hydrogens is 296 g/mol. The number of nitrogens with zero attached hydrogens (tertiary/aromatic N) is 1. The van der Waals surface area contributed by atoms with Crippen LogP contribution in [0.2, 0.25) is 0 Å². The van der Waals surface area contributed by atoms with E-state index in [4.69, 9.17) is 0 Å². The van der Waals surface area contributed by atoms with Crippen molar-refractivity contribution < 1.29 is 0 Å². The topological polar surface area (TPSA) is 24.9 Å². The van der Waals surface area contributed by atoms with Gasteiger partial charge < -0.3 is 5.32 Å². The first kappa shape index (κ1) is 11.4. The van der Waals surface area contributed by atoms with Gasteiger partial charge in [-0.15, -0.1) is 11.3 Å². The number of thiazole rings is 1. The molecule has 88 valence electrons. The van der Waals surface area contributed by atoms with Gasteiger partial charge in [0.1, 0.15) is 5.01 Å². The number of nitrogens with one attached hydrogen (secondary N) is 1. The summed E-state index contributed by atoms with van der Waals surface area (Å²) in [6.07, 6.45) is 2.65. The second kappa shape index (κ2) is 4.88. The summed E-state index contributed by atoms with van der Waals surface area (Å²) >= 11 is 5.18. The molecule has 1 fully saturated rings. The zero-order valence-corrected chi connectivity index (χ0v) is 11.7. The number of hydrogen-bond donors (Lipinski definition) is 1. The number of benzene rings is 1. The van der Waals surface area contributed by atoms with Crippen LogP contribution in [0.5, 0.6) is 0 Å². The van der Waals surface area contributed by atoms with E-state index >= 15 is 0 Å². The van der Waals surface area contributed by atoms with E-state index < -0.39 is 0 Å². The molecule has 17 heavy (non-hydrogen) atoms. The molecule has 0 radical (unpaired) electrons. The van der Waals surface area contributed by atoms with Crippen LogP contribution in [0.15, 0.2) is 34.1 Å². The normalized spacial score (nSPS) is 15.1. The van der Waals surface area contributed by atoms with Crippen LogP contribution >= 0.6 is 27.3 Å². The van der Waals surface area contributed by atoms with E-state index in [-0.39, 0.29) is 0 Å². The molecule has 1 aromatic heterocycles. The average molecular weight is 309 g/mol. The number of halogens is 1. The predicted molar refractivity (Wildman–Crippen MR) is 75.1 cm³/mol. The average Bonchev–Trinajstić information content (AvgIpc) is 3.06. The Morgan fingerprint density at radius 3 is 2.76 bits per heavy atom. The summed E-state index contributed by atoms with van der Waals surface area (Å²) < 4.78 is 1.10. The van der Waals surface area contributed by atoms with Crippen LogP contribution in [0, 0.1) is 0 Å². The van der Waals surface area contributed by atoms with Gasteiger partial charge in [-0.1, -0.05) is 28.1 Å². The lowest BCUT2D eigenvalue weighted by molar-refractivity contribution is 0.685. The molecule has 2 nitrogen and oxygen atoms in total. The van der Waals surface area contributed by atoms with Crippen LogP contribution in [-0.2, 0) is 6.54 Å². The van der Waals surface area contributed by atoms with Crippen LogP contribution in [0.4, 0.5) is 0 Å². The van der Waals surface area contributed by atoms with Crippen LogP contribution in [0.3, 0.4) is 0 Å². The van der Waals surface area contributed by atoms with E-state index in [1.807, 2.05) is 0 Å². The van der Waals surface area contributed by atoms with E-state index in [1.54, 1.807) is 11.3 Å². The summed E-state index contributed by atoms with van der Waals surface area (Å²) in [5, 5.41) is 6.80. The van der Waals surface area contributed by atoms with Gasteiger partial charge in [0.25, 0.3) is 0 Å². The number of aromatic nitrogens is 1. The molecule has 0 unspecified atom stereocenters. The van der Waals surface area contributed by atoms with Crippen molar-refractivity contribution in [3.05, 3.63) is 39.1 Å². The molecule has 2 aromatic rings. The largest absolute Gasteiger partial charge is 0.308 e. The fraction of sp³-hybridized carbons (Fsp3) is 0.308. The minimum Gasteiger partial charge on any atom is -0.308 e. The second-order valence-corrected chi connectivity index (χ2v) is 6.15. The summed E-state index contributed by atoms with van der Waals surface area (Å²) in [6.45, 7) is 0.909. The molecule has 0 saturated heterocycles. The Morgan fingerprint density at radius 1 is 1.29 bits per heavy atom. The van der Waals surface area contributed by atoms with E-state index in [1.165, 1.54) is 23.4 Å². The maximum Gasteiger partial charge on any atom is 0.107 e. The van der Waals surface area contributed by atoms with E-state index in [2.05, 4.69) is 55.9 Å². The molecule has 4 heteroatoms. The summed E-state index contributed by atoms with van der Waals surface area (Å²) in [6, 6.07) is 9.04. The Labute approximate surface area is 113 Å². The summed E-state index contributed by atoms with van der Waals surface area (Å²) in [4.78, 5) is 4.65. The Bertz CT molecular complexity index is 502. The lowest BCUT2D eigenvalue weighted by Crippen LogP contribution is -2.14. The van der Waals surface area contributed by atoms with Gasteiger partial charge in [0.2, 0.25) is 0 Å². The van der Waals surface area contributed by atoms with Crippen LogP contribution < -0.4 is 5.32 Å². The van der Waals surface area contributed by atoms with Crippen LogP contribution in [0.1, 0.15) is 17.8 Å². The third-order valence-electron chi connectivity index (χ3n) is 2.81. The van der Waals surface area contributed by atoms with E-state index in [0.29, 0.717) is 0 Å². The maximum atomic E-state index is 4.65. The summed E-state index contributed by atoms with van der Waals surface area (Å²) in [7, 11) is 0. The molecule has 1 N–H and O–H groups in total. The lowest BCUT2D eigenvalue weighted by atomic mass is 10.2. The first-order chi connectivity index (χ1) is 8.31. The fourth-order valence-corrected chi connectivity index (χ4v) is 2.68. The molecule has 0 atom stereocenters. The smallest absolute Gasteiger partial charge is 0.107 e. The van der Waals surface area contributed by atoms with Gasteiger partial charge in [-0.25, -0.2) is 4.98 Å². The Hall–Kier alpha value is -0.710. The van der Waals surface area contributed by atoms with Gasteiger partial charge in [-0.3, -0.25) is 0 Å². The summed E-state index contributed by atoms with van der Waals surface area (Å²) in [5.74, 6) is 0.